The van der Waals surface area contributed by atoms with E-state index < -0.39 is 0 Å². The van der Waals surface area contributed by atoms with Crippen LogP contribution in [0.25, 0.3) is 11.4 Å². The summed E-state index contributed by atoms with van der Waals surface area (Å²) in [7, 11) is 1.67. The first-order chi connectivity index (χ1) is 9.56. The number of hydrogen-bond donors (Lipinski definition) is 1. The molecule has 0 unspecified atom stereocenters. The van der Waals surface area contributed by atoms with Crippen LogP contribution in [-0.2, 0) is 6.42 Å². The predicted molar refractivity (Wildman–Crippen MR) is 87.8 cm³/mol. The maximum atomic E-state index is 5.44. The van der Waals surface area contributed by atoms with Gasteiger partial charge in [-0.15, -0.1) is 0 Å². The van der Waals surface area contributed by atoms with Crippen molar-refractivity contribution in [2.24, 2.45) is 0 Å². The van der Waals surface area contributed by atoms with Gasteiger partial charge in [0.1, 0.15) is 16.2 Å². The lowest BCUT2D eigenvalue weighted by atomic mass is 10.1. The fraction of sp³-hybridized carbons (Fsp3) is 0.333. The van der Waals surface area contributed by atoms with Crippen LogP contribution in [0.1, 0.15) is 24.6 Å². The van der Waals surface area contributed by atoms with Crippen molar-refractivity contribution in [3.63, 3.8) is 0 Å². The van der Waals surface area contributed by atoms with Gasteiger partial charge in [0, 0.05) is 5.69 Å². The van der Waals surface area contributed by atoms with Gasteiger partial charge in [0.2, 0.25) is 0 Å². The van der Waals surface area contributed by atoms with E-state index in [1.54, 1.807) is 7.11 Å². The summed E-state index contributed by atoms with van der Waals surface area (Å²) in [5, 5.41) is 0. The van der Waals surface area contributed by atoms with Crippen LogP contribution in [0, 0.1) is 11.6 Å². The molecule has 1 aromatic heterocycles. The summed E-state index contributed by atoms with van der Waals surface area (Å²) in [5.74, 6) is 1.55. The third-order valence-electron chi connectivity index (χ3n) is 3.05. The van der Waals surface area contributed by atoms with Gasteiger partial charge >= 0.3 is 0 Å². The molecule has 0 atom stereocenters. The van der Waals surface area contributed by atoms with E-state index in [9.17, 15) is 0 Å². The van der Waals surface area contributed by atoms with Crippen LogP contribution in [0.4, 0.5) is 0 Å². The average molecular weight is 353 g/mol. The molecule has 0 saturated heterocycles. The molecule has 0 radical (unpaired) electrons. The summed E-state index contributed by atoms with van der Waals surface area (Å²) < 4.78 is 6.90. The molecule has 20 heavy (non-hydrogen) atoms. The maximum absolute atomic E-state index is 5.44. The van der Waals surface area contributed by atoms with Crippen LogP contribution in [0.2, 0.25) is 0 Å². The summed E-state index contributed by atoms with van der Waals surface area (Å²) in [6, 6.07) is 6.04. The Morgan fingerprint density at radius 2 is 2.15 bits per heavy atom. The largest absolute Gasteiger partial charge is 0.496 e. The topological polar surface area (TPSA) is 37.9 Å². The third-order valence-corrected chi connectivity index (χ3v) is 4.46. The molecule has 106 valence electrons. The fourth-order valence-electron chi connectivity index (χ4n) is 2.05. The number of H-pyrrole nitrogens is 1. The van der Waals surface area contributed by atoms with Gasteiger partial charge in [0.05, 0.1) is 17.1 Å². The second-order valence-electron chi connectivity index (χ2n) is 4.64. The Hall–Kier alpha value is -1.20. The van der Waals surface area contributed by atoms with E-state index >= 15 is 0 Å². The Morgan fingerprint density at radius 1 is 1.40 bits per heavy atom. The van der Waals surface area contributed by atoms with Crippen molar-refractivity contribution < 1.29 is 4.74 Å². The highest BCUT2D eigenvalue weighted by Gasteiger charge is 2.11. The van der Waals surface area contributed by atoms with Crippen molar-refractivity contribution in [3.05, 3.63) is 38.6 Å². The van der Waals surface area contributed by atoms with Crippen molar-refractivity contribution >= 4 is 28.1 Å². The molecule has 0 bridgehead atoms. The number of halogens is 1. The van der Waals surface area contributed by atoms with Gasteiger partial charge in [-0.05, 0) is 47.0 Å². The first-order valence-corrected chi connectivity index (χ1v) is 7.70. The van der Waals surface area contributed by atoms with Crippen molar-refractivity contribution in [1.29, 1.82) is 0 Å². The summed E-state index contributed by atoms with van der Waals surface area (Å²) in [4.78, 5) is 7.82. The molecule has 3 nitrogen and oxygen atoms in total. The normalized spacial score (nSPS) is 10.6. The zero-order valence-electron chi connectivity index (χ0n) is 11.8. The molecule has 1 N–H and O–H groups in total. The van der Waals surface area contributed by atoms with Crippen molar-refractivity contribution in [2.75, 3.05) is 7.11 Å². The lowest BCUT2D eigenvalue weighted by molar-refractivity contribution is 0.416. The van der Waals surface area contributed by atoms with Crippen molar-refractivity contribution in [3.8, 4) is 17.1 Å². The minimum absolute atomic E-state index is 0.574. The number of aromatic amines is 1. The van der Waals surface area contributed by atoms with Gasteiger partial charge in [-0.3, -0.25) is 0 Å². The number of hydrogen-bond acceptors (Lipinski definition) is 3. The SMILES string of the molecule is CCCc1[nH]c(-c2ccc(C)cc2OC)nc(=S)c1Br. The molecule has 2 rings (SSSR count). The van der Waals surface area contributed by atoms with Crippen LogP contribution in [0.15, 0.2) is 22.7 Å². The van der Waals surface area contributed by atoms with Crippen LogP contribution in [0.5, 0.6) is 5.75 Å². The zero-order valence-corrected chi connectivity index (χ0v) is 14.2. The first-order valence-electron chi connectivity index (χ1n) is 6.50. The number of nitrogens with one attached hydrogen (secondary N) is 1. The highest BCUT2D eigenvalue weighted by Crippen LogP contribution is 2.30. The molecular formula is C15H17BrN2OS. The number of aryl methyl sites for hydroxylation is 2. The number of nitrogens with zero attached hydrogens (tertiary/aromatic N) is 1. The molecule has 0 amide bonds. The number of methoxy groups -OCH3 is 1. The van der Waals surface area contributed by atoms with E-state index in [0.29, 0.717) is 4.64 Å². The smallest absolute Gasteiger partial charge is 0.144 e. The molecular weight excluding hydrogens is 336 g/mol. The molecule has 5 heteroatoms. The third kappa shape index (κ3) is 3.10. The molecule has 0 saturated carbocycles. The minimum atomic E-state index is 0.574. The molecule has 0 aliphatic heterocycles. The summed E-state index contributed by atoms with van der Waals surface area (Å²) >= 11 is 8.83. The minimum Gasteiger partial charge on any atom is -0.496 e. The molecule has 1 aromatic carbocycles. The van der Waals surface area contributed by atoms with Crippen LogP contribution >= 0.6 is 28.1 Å². The van der Waals surface area contributed by atoms with E-state index in [4.69, 9.17) is 17.0 Å². The van der Waals surface area contributed by atoms with Gasteiger partial charge in [-0.25, -0.2) is 4.98 Å². The van der Waals surface area contributed by atoms with E-state index in [0.717, 1.165) is 45.7 Å². The predicted octanol–water partition coefficient (Wildman–Crippen LogP) is 4.84. The fourth-order valence-corrected chi connectivity index (χ4v) is 2.65. The van der Waals surface area contributed by atoms with Crippen LogP contribution in [-0.4, -0.2) is 17.1 Å². The highest BCUT2D eigenvalue weighted by atomic mass is 79.9. The standard InChI is InChI=1S/C15H17BrN2OS/c1-4-5-11-13(16)15(20)18-14(17-11)10-7-6-9(2)8-12(10)19-3/h6-8H,4-5H2,1-3H3,(H,17,18,20). The van der Waals surface area contributed by atoms with Crippen LogP contribution < -0.4 is 4.74 Å². The quantitative estimate of drug-likeness (QED) is 0.800. The molecule has 0 aliphatic rings. The first kappa shape index (κ1) is 15.2. The van der Waals surface area contributed by atoms with Crippen molar-refractivity contribution in [1.82, 2.24) is 9.97 Å². The summed E-state index contributed by atoms with van der Waals surface area (Å²) in [5.41, 5.74) is 3.15. The van der Waals surface area contributed by atoms with E-state index in [-0.39, 0.29) is 0 Å². The second kappa shape index (κ2) is 6.50. The lowest BCUT2D eigenvalue weighted by Crippen LogP contribution is -2.00. The lowest BCUT2D eigenvalue weighted by Gasteiger charge is -2.11. The Kier molecular flexibility index (Phi) is 4.94. The van der Waals surface area contributed by atoms with Gasteiger partial charge in [-0.1, -0.05) is 31.6 Å². The Balaban J connectivity index is 2.61. The summed E-state index contributed by atoms with van der Waals surface area (Å²) in [6.45, 7) is 4.17. The summed E-state index contributed by atoms with van der Waals surface area (Å²) in [6.07, 6.45) is 1.96. The van der Waals surface area contributed by atoms with Gasteiger partial charge in [0.25, 0.3) is 0 Å². The van der Waals surface area contributed by atoms with E-state index in [1.165, 1.54) is 0 Å². The molecule has 2 aromatic rings. The molecule has 0 spiro atoms. The molecule has 0 aliphatic carbocycles. The number of aromatic nitrogens is 2. The van der Waals surface area contributed by atoms with E-state index in [1.807, 2.05) is 25.1 Å². The molecule has 1 heterocycles. The Labute approximate surface area is 132 Å². The Bertz CT molecular complexity index is 682. The molecule has 0 fully saturated rings. The second-order valence-corrected chi connectivity index (χ2v) is 5.82. The number of benzene rings is 1. The van der Waals surface area contributed by atoms with Gasteiger partial charge in [-0.2, -0.15) is 0 Å². The highest BCUT2D eigenvalue weighted by molar-refractivity contribution is 9.10. The van der Waals surface area contributed by atoms with Crippen LogP contribution in [0.3, 0.4) is 0 Å². The van der Waals surface area contributed by atoms with Gasteiger partial charge in [0.15, 0.2) is 0 Å². The Morgan fingerprint density at radius 3 is 2.80 bits per heavy atom. The number of rotatable bonds is 4. The zero-order chi connectivity index (χ0) is 14.7. The number of ether oxygens (including phenoxy) is 1. The van der Waals surface area contributed by atoms with Gasteiger partial charge < -0.3 is 9.72 Å². The monoisotopic (exact) mass is 352 g/mol. The maximum Gasteiger partial charge on any atom is 0.144 e. The van der Waals surface area contributed by atoms with Crippen molar-refractivity contribution in [2.45, 2.75) is 26.7 Å². The van der Waals surface area contributed by atoms with E-state index in [2.05, 4.69) is 32.8 Å². The average Bonchev–Trinajstić information content (AvgIpc) is 2.43.